The number of rotatable bonds is 7. The molecule has 1 amide bonds. The molecule has 9 heteroatoms. The van der Waals surface area contributed by atoms with Crippen molar-refractivity contribution in [3.05, 3.63) is 72.3 Å². The Morgan fingerprint density at radius 1 is 1.00 bits per heavy atom. The highest BCUT2D eigenvalue weighted by atomic mass is 32.1. The fourth-order valence-electron chi connectivity index (χ4n) is 3.53. The van der Waals surface area contributed by atoms with E-state index in [1.54, 1.807) is 18.2 Å². The third kappa shape index (κ3) is 4.46. The maximum atomic E-state index is 12.8. The van der Waals surface area contributed by atoms with Gasteiger partial charge in [-0.05, 0) is 43.3 Å². The number of aromatic amines is 1. The van der Waals surface area contributed by atoms with Crippen molar-refractivity contribution in [2.24, 2.45) is 0 Å². The van der Waals surface area contributed by atoms with Crippen LogP contribution in [0, 0.1) is 0 Å². The predicted octanol–water partition coefficient (Wildman–Crippen LogP) is 5.03. The number of aromatic nitrogens is 3. The van der Waals surface area contributed by atoms with E-state index in [1.807, 2.05) is 55.5 Å². The van der Waals surface area contributed by atoms with Crippen molar-refractivity contribution in [3.8, 4) is 17.1 Å². The molecule has 0 fully saturated rings. The second kappa shape index (κ2) is 9.32. The first-order valence-corrected chi connectivity index (χ1v) is 11.5. The maximum absolute atomic E-state index is 12.8. The van der Waals surface area contributed by atoms with Gasteiger partial charge in [0.15, 0.2) is 11.7 Å². The summed E-state index contributed by atoms with van der Waals surface area (Å²) in [6.07, 6.45) is 0. The van der Waals surface area contributed by atoms with Crippen LogP contribution >= 0.6 is 11.3 Å². The van der Waals surface area contributed by atoms with Gasteiger partial charge in [0.1, 0.15) is 11.6 Å². The molecule has 0 saturated heterocycles. The molecule has 5 rings (SSSR count). The van der Waals surface area contributed by atoms with Crippen LogP contribution in [0.15, 0.2) is 66.7 Å². The van der Waals surface area contributed by atoms with Gasteiger partial charge in [0.05, 0.1) is 33.4 Å². The van der Waals surface area contributed by atoms with Crippen molar-refractivity contribution >= 4 is 49.6 Å². The zero-order valence-corrected chi connectivity index (χ0v) is 19.0. The monoisotopic (exact) mass is 472 g/mol. The Balaban J connectivity index is 1.26. The van der Waals surface area contributed by atoms with Crippen LogP contribution in [0.3, 0.4) is 0 Å². The van der Waals surface area contributed by atoms with Crippen molar-refractivity contribution in [3.63, 3.8) is 0 Å². The van der Waals surface area contributed by atoms with Crippen molar-refractivity contribution in [1.29, 1.82) is 0 Å². The molecule has 0 aliphatic heterocycles. The number of carbonyl (C=O) groups is 2. The molecule has 5 aromatic rings. The number of anilines is 1. The Kier molecular flexibility index (Phi) is 5.92. The number of imidazole rings is 1. The smallest absolute Gasteiger partial charge is 0.339 e. The van der Waals surface area contributed by atoms with Crippen molar-refractivity contribution in [2.75, 3.05) is 18.5 Å². The van der Waals surface area contributed by atoms with Crippen LogP contribution in [-0.2, 0) is 9.53 Å². The maximum Gasteiger partial charge on any atom is 0.339 e. The Hall–Kier alpha value is -4.24. The highest BCUT2D eigenvalue weighted by molar-refractivity contribution is 7.22. The topological polar surface area (TPSA) is 106 Å². The predicted molar refractivity (Wildman–Crippen MR) is 131 cm³/mol. The molecule has 8 nitrogen and oxygen atoms in total. The number of nitrogens with zero attached hydrogens (tertiary/aromatic N) is 2. The number of carbonyl (C=O) groups excluding carboxylic acids is 2. The van der Waals surface area contributed by atoms with Gasteiger partial charge in [0.2, 0.25) is 0 Å². The lowest BCUT2D eigenvalue weighted by Gasteiger charge is -2.08. The number of esters is 1. The van der Waals surface area contributed by atoms with Crippen LogP contribution in [0.4, 0.5) is 5.13 Å². The van der Waals surface area contributed by atoms with Gasteiger partial charge in [-0.15, -0.1) is 0 Å². The molecule has 170 valence electrons. The van der Waals surface area contributed by atoms with E-state index in [0.717, 1.165) is 27.0 Å². The van der Waals surface area contributed by atoms with Gasteiger partial charge < -0.3 is 14.5 Å². The molecular formula is C25H20N4O4S. The van der Waals surface area contributed by atoms with E-state index < -0.39 is 18.5 Å². The van der Waals surface area contributed by atoms with E-state index in [4.69, 9.17) is 9.47 Å². The zero-order valence-electron chi connectivity index (χ0n) is 18.2. The molecule has 3 aromatic carbocycles. The Labute approximate surface area is 198 Å². The van der Waals surface area contributed by atoms with E-state index in [1.165, 1.54) is 11.3 Å². The number of ether oxygens (including phenoxy) is 2. The molecule has 0 spiro atoms. The average molecular weight is 473 g/mol. The minimum absolute atomic E-state index is 0.317. The number of hydrogen-bond acceptors (Lipinski definition) is 7. The van der Waals surface area contributed by atoms with Gasteiger partial charge in [-0.1, -0.05) is 41.7 Å². The molecular weight excluding hydrogens is 452 g/mol. The Bertz CT molecular complexity index is 1470. The summed E-state index contributed by atoms with van der Waals surface area (Å²) in [6.45, 7) is 2.05. The summed E-state index contributed by atoms with van der Waals surface area (Å²) in [7, 11) is 0. The SMILES string of the molecule is CCOc1ccc2nc(NC(=O)COC(=O)c3ccccc3-c3nc4ccccc4[nH]3)sc2c1. The van der Waals surface area contributed by atoms with Crippen LogP contribution in [0.2, 0.25) is 0 Å². The van der Waals surface area contributed by atoms with E-state index in [0.29, 0.717) is 28.7 Å². The largest absolute Gasteiger partial charge is 0.494 e. The van der Waals surface area contributed by atoms with E-state index >= 15 is 0 Å². The second-order valence-corrected chi connectivity index (χ2v) is 8.38. The molecule has 2 heterocycles. The molecule has 0 saturated carbocycles. The number of thiazole rings is 1. The third-order valence-corrected chi connectivity index (χ3v) is 5.98. The van der Waals surface area contributed by atoms with Crippen LogP contribution < -0.4 is 10.1 Å². The highest BCUT2D eigenvalue weighted by Gasteiger charge is 2.18. The van der Waals surface area contributed by atoms with E-state index in [9.17, 15) is 9.59 Å². The summed E-state index contributed by atoms with van der Waals surface area (Å²) in [5.41, 5.74) is 3.33. The Morgan fingerprint density at radius 3 is 2.68 bits per heavy atom. The van der Waals surface area contributed by atoms with Crippen LogP contribution in [0.5, 0.6) is 5.75 Å². The van der Waals surface area contributed by atoms with Crippen molar-refractivity contribution < 1.29 is 19.1 Å². The minimum Gasteiger partial charge on any atom is -0.494 e. The molecule has 0 aliphatic carbocycles. The number of fused-ring (bicyclic) bond motifs is 2. The van der Waals surface area contributed by atoms with E-state index in [-0.39, 0.29) is 0 Å². The number of para-hydroxylation sites is 2. The fraction of sp³-hybridized carbons (Fsp3) is 0.120. The molecule has 2 N–H and O–H groups in total. The number of benzene rings is 3. The van der Waals surface area contributed by atoms with Gasteiger partial charge in [0.25, 0.3) is 5.91 Å². The standard InChI is InChI=1S/C25H20N4O4S/c1-2-32-15-11-12-20-21(13-15)34-25(28-20)29-22(30)14-33-24(31)17-8-4-3-7-16(17)23-26-18-9-5-6-10-19(18)27-23/h3-13H,2,14H2,1H3,(H,26,27)(H,28,29,30). The number of amides is 1. The lowest BCUT2D eigenvalue weighted by molar-refractivity contribution is -0.119. The van der Waals surface area contributed by atoms with Crippen LogP contribution in [0.25, 0.3) is 32.6 Å². The number of hydrogen-bond donors (Lipinski definition) is 2. The quantitative estimate of drug-likeness (QED) is 0.322. The summed E-state index contributed by atoms with van der Waals surface area (Å²) in [6, 6.07) is 20.1. The highest BCUT2D eigenvalue weighted by Crippen LogP contribution is 2.29. The summed E-state index contributed by atoms with van der Waals surface area (Å²) in [4.78, 5) is 37.3. The fourth-order valence-corrected chi connectivity index (χ4v) is 4.44. The molecule has 2 aromatic heterocycles. The van der Waals surface area contributed by atoms with Gasteiger partial charge in [-0.3, -0.25) is 10.1 Å². The number of nitrogens with one attached hydrogen (secondary N) is 2. The minimum atomic E-state index is -0.614. The normalized spacial score (nSPS) is 11.0. The number of H-pyrrole nitrogens is 1. The zero-order chi connectivity index (χ0) is 23.5. The molecule has 0 radical (unpaired) electrons. The Morgan fingerprint density at radius 2 is 1.82 bits per heavy atom. The molecule has 0 bridgehead atoms. The summed E-state index contributed by atoms with van der Waals surface area (Å²) in [5, 5.41) is 3.11. The third-order valence-electron chi connectivity index (χ3n) is 5.04. The molecule has 0 atom stereocenters. The summed E-state index contributed by atoms with van der Waals surface area (Å²) in [5.74, 6) is 0.211. The van der Waals surface area contributed by atoms with Crippen molar-refractivity contribution in [2.45, 2.75) is 6.92 Å². The van der Waals surface area contributed by atoms with Crippen LogP contribution in [-0.4, -0.2) is 40.0 Å². The molecule has 34 heavy (non-hydrogen) atoms. The van der Waals surface area contributed by atoms with Gasteiger partial charge >= 0.3 is 5.97 Å². The van der Waals surface area contributed by atoms with Gasteiger partial charge in [-0.2, -0.15) is 0 Å². The summed E-state index contributed by atoms with van der Waals surface area (Å²) < 4.78 is 11.7. The lowest BCUT2D eigenvalue weighted by atomic mass is 10.1. The lowest BCUT2D eigenvalue weighted by Crippen LogP contribution is -2.21. The van der Waals surface area contributed by atoms with Gasteiger partial charge in [0, 0.05) is 5.56 Å². The van der Waals surface area contributed by atoms with Gasteiger partial charge in [-0.25, -0.2) is 14.8 Å². The first-order chi connectivity index (χ1) is 16.6. The molecule has 0 aliphatic rings. The first kappa shape index (κ1) is 21.6. The average Bonchev–Trinajstić information content (AvgIpc) is 3.46. The van der Waals surface area contributed by atoms with Crippen LogP contribution in [0.1, 0.15) is 17.3 Å². The van der Waals surface area contributed by atoms with Crippen molar-refractivity contribution in [1.82, 2.24) is 15.0 Å². The molecule has 0 unspecified atom stereocenters. The first-order valence-electron chi connectivity index (χ1n) is 10.6. The summed E-state index contributed by atoms with van der Waals surface area (Å²) >= 11 is 1.32. The second-order valence-electron chi connectivity index (χ2n) is 7.35. The van der Waals surface area contributed by atoms with E-state index in [2.05, 4.69) is 20.3 Å².